The second-order valence-corrected chi connectivity index (χ2v) is 13.6. The third kappa shape index (κ3) is 7.49. The first-order valence-electron chi connectivity index (χ1n) is 18.8. The van der Waals surface area contributed by atoms with Gasteiger partial charge in [0.1, 0.15) is 5.54 Å². The molecule has 1 heterocycles. The van der Waals surface area contributed by atoms with Crippen molar-refractivity contribution in [3.8, 4) is 22.5 Å². The van der Waals surface area contributed by atoms with Crippen LogP contribution in [0.3, 0.4) is 0 Å². The molecule has 0 aliphatic heterocycles. The monoisotopic (exact) mass is 710 g/mol. The van der Waals surface area contributed by atoms with Crippen LogP contribution < -0.4 is 10.2 Å². The van der Waals surface area contributed by atoms with Gasteiger partial charge in [0.05, 0.1) is 6.04 Å². The predicted molar refractivity (Wildman–Crippen MR) is 218 cm³/mol. The number of tetrazole rings is 1. The summed E-state index contributed by atoms with van der Waals surface area (Å²) in [7, 11) is 0. The molecule has 7 rings (SSSR count). The Morgan fingerprint density at radius 1 is 0.667 bits per heavy atom. The molecule has 7 aromatic rings. The van der Waals surface area contributed by atoms with Crippen molar-refractivity contribution in [3.63, 3.8) is 0 Å². The van der Waals surface area contributed by atoms with Gasteiger partial charge < -0.3 is 10.2 Å². The van der Waals surface area contributed by atoms with Gasteiger partial charge in [0.15, 0.2) is 5.82 Å². The highest BCUT2D eigenvalue weighted by Crippen LogP contribution is 2.43. The number of unbranched alkanes of at least 4 members (excludes halogenated alkanes) is 2. The lowest BCUT2D eigenvalue weighted by Gasteiger charge is -2.36. The molecule has 1 amide bonds. The molecule has 0 saturated heterocycles. The maximum absolute atomic E-state index is 13.9. The number of nitrogens with one attached hydrogen (secondary N) is 1. The molecule has 0 aliphatic carbocycles. The van der Waals surface area contributed by atoms with Gasteiger partial charge in [-0.1, -0.05) is 177 Å². The second-order valence-electron chi connectivity index (χ2n) is 13.6. The Labute approximate surface area is 318 Å². The lowest BCUT2D eigenvalue weighted by Crippen LogP contribution is -2.45. The van der Waals surface area contributed by atoms with Crippen LogP contribution in [0.15, 0.2) is 170 Å². The number of aromatic nitrogens is 4. The van der Waals surface area contributed by atoms with E-state index in [4.69, 9.17) is 10.3 Å². The molecule has 7 nitrogen and oxygen atoms in total. The fourth-order valence-electron chi connectivity index (χ4n) is 7.31. The standard InChI is InChI=1S/C47H46N6O/c1-3-4-19-34-52(46(54)36(2)48-35-37-20-9-5-10-21-37)42-32-30-38(31-33-42)43-28-17-18-29-44(43)45-49-50-51-53(45)47(39-22-11-6-12-23-39,40-24-13-7-14-25-40)41-26-15-8-16-27-41/h5-18,20-33,36,48H,3-4,19,34-35H2,1-2H3. The fourth-order valence-corrected chi connectivity index (χ4v) is 7.31. The highest BCUT2D eigenvalue weighted by Gasteiger charge is 2.42. The van der Waals surface area contributed by atoms with Gasteiger partial charge in [-0.25, -0.2) is 4.68 Å². The smallest absolute Gasteiger partial charge is 0.243 e. The van der Waals surface area contributed by atoms with Gasteiger partial charge in [0, 0.05) is 24.3 Å². The molecular weight excluding hydrogens is 665 g/mol. The molecule has 54 heavy (non-hydrogen) atoms. The third-order valence-corrected chi connectivity index (χ3v) is 10.1. The molecular formula is C47H46N6O. The first-order chi connectivity index (χ1) is 26.6. The van der Waals surface area contributed by atoms with Crippen molar-refractivity contribution >= 4 is 11.6 Å². The first-order valence-corrected chi connectivity index (χ1v) is 18.8. The van der Waals surface area contributed by atoms with E-state index in [-0.39, 0.29) is 11.9 Å². The summed E-state index contributed by atoms with van der Waals surface area (Å²) in [5, 5.41) is 17.3. The lowest BCUT2D eigenvalue weighted by atomic mass is 9.77. The number of hydrogen-bond donors (Lipinski definition) is 1. The summed E-state index contributed by atoms with van der Waals surface area (Å²) in [6.45, 7) is 5.43. The first kappa shape index (κ1) is 36.2. The van der Waals surface area contributed by atoms with E-state index in [9.17, 15) is 4.79 Å². The summed E-state index contributed by atoms with van der Waals surface area (Å²) in [6, 6.07) is 57.7. The molecule has 1 aromatic heterocycles. The van der Waals surface area contributed by atoms with Crippen LogP contribution in [0.1, 0.15) is 55.4 Å². The Morgan fingerprint density at radius 2 is 1.19 bits per heavy atom. The van der Waals surface area contributed by atoms with Gasteiger partial charge in [0.2, 0.25) is 5.91 Å². The summed E-state index contributed by atoms with van der Waals surface area (Å²) in [5.41, 5.74) is 7.18. The molecule has 1 unspecified atom stereocenters. The largest absolute Gasteiger partial charge is 0.311 e. The van der Waals surface area contributed by atoms with Crippen molar-refractivity contribution in [2.45, 2.75) is 51.2 Å². The molecule has 0 radical (unpaired) electrons. The van der Waals surface area contributed by atoms with Crippen LogP contribution >= 0.6 is 0 Å². The molecule has 0 aliphatic rings. The van der Waals surface area contributed by atoms with Crippen LogP contribution in [-0.4, -0.2) is 38.7 Å². The quantitative estimate of drug-likeness (QED) is 0.0848. The van der Waals surface area contributed by atoms with E-state index in [1.807, 2.05) is 65.0 Å². The molecule has 270 valence electrons. The summed E-state index contributed by atoms with van der Waals surface area (Å²) in [4.78, 5) is 15.9. The molecule has 6 aromatic carbocycles. The average molecular weight is 711 g/mol. The minimum atomic E-state index is -0.871. The van der Waals surface area contributed by atoms with E-state index >= 15 is 0 Å². The van der Waals surface area contributed by atoms with Crippen molar-refractivity contribution in [2.24, 2.45) is 0 Å². The van der Waals surface area contributed by atoms with Crippen LogP contribution in [0, 0.1) is 0 Å². The molecule has 0 fully saturated rings. The molecule has 0 saturated carbocycles. The zero-order chi connectivity index (χ0) is 37.2. The molecule has 7 heteroatoms. The van der Waals surface area contributed by atoms with E-state index in [2.05, 4.69) is 139 Å². The van der Waals surface area contributed by atoms with Crippen molar-refractivity contribution < 1.29 is 4.79 Å². The SMILES string of the molecule is CCCCCN(C(=O)C(C)NCc1ccccc1)c1ccc(-c2ccccc2-c2nnnn2C(c2ccccc2)(c2ccccc2)c2ccccc2)cc1. The van der Waals surface area contributed by atoms with Gasteiger partial charge in [-0.05, 0) is 69.3 Å². The van der Waals surface area contributed by atoms with Crippen LogP contribution in [0.2, 0.25) is 0 Å². The maximum Gasteiger partial charge on any atom is 0.243 e. The third-order valence-electron chi connectivity index (χ3n) is 10.1. The number of benzene rings is 6. The van der Waals surface area contributed by atoms with E-state index in [1.54, 1.807) is 0 Å². The number of hydrogen-bond acceptors (Lipinski definition) is 5. The highest BCUT2D eigenvalue weighted by atomic mass is 16.2. The number of amides is 1. The Morgan fingerprint density at radius 3 is 1.74 bits per heavy atom. The van der Waals surface area contributed by atoms with Gasteiger partial charge in [-0.3, -0.25) is 4.79 Å². The minimum absolute atomic E-state index is 0.0634. The highest BCUT2D eigenvalue weighted by molar-refractivity contribution is 5.97. The Bertz CT molecular complexity index is 2130. The molecule has 1 N–H and O–H groups in total. The minimum Gasteiger partial charge on any atom is -0.311 e. The summed E-state index contributed by atoms with van der Waals surface area (Å²) < 4.78 is 1.97. The van der Waals surface area contributed by atoms with Gasteiger partial charge >= 0.3 is 0 Å². The Hall–Kier alpha value is -6.18. The van der Waals surface area contributed by atoms with Crippen molar-refractivity contribution in [2.75, 3.05) is 11.4 Å². The molecule has 1 atom stereocenters. The van der Waals surface area contributed by atoms with E-state index in [1.165, 1.54) is 0 Å². The van der Waals surface area contributed by atoms with Gasteiger partial charge in [0.25, 0.3) is 0 Å². The number of anilines is 1. The number of rotatable bonds is 15. The number of nitrogens with zero attached hydrogens (tertiary/aromatic N) is 5. The predicted octanol–water partition coefficient (Wildman–Crippen LogP) is 9.55. The van der Waals surface area contributed by atoms with E-state index in [0.717, 1.165) is 63.9 Å². The molecule has 0 bridgehead atoms. The number of carbonyl (C=O) groups is 1. The van der Waals surface area contributed by atoms with Crippen molar-refractivity contribution in [3.05, 3.63) is 192 Å². The van der Waals surface area contributed by atoms with Gasteiger partial charge in [-0.2, -0.15) is 0 Å². The van der Waals surface area contributed by atoms with Crippen LogP contribution in [0.5, 0.6) is 0 Å². The fraction of sp³-hybridized carbons (Fsp3) is 0.191. The Balaban J connectivity index is 1.27. The Kier molecular flexibility index (Phi) is 11.5. The van der Waals surface area contributed by atoms with Crippen molar-refractivity contribution in [1.29, 1.82) is 0 Å². The summed E-state index contributed by atoms with van der Waals surface area (Å²) >= 11 is 0. The summed E-state index contributed by atoms with van der Waals surface area (Å²) in [6.07, 6.45) is 3.08. The molecule has 0 spiro atoms. The van der Waals surface area contributed by atoms with E-state index in [0.29, 0.717) is 18.9 Å². The maximum atomic E-state index is 13.9. The lowest BCUT2D eigenvalue weighted by molar-refractivity contribution is -0.120. The van der Waals surface area contributed by atoms with Crippen LogP contribution in [-0.2, 0) is 16.9 Å². The van der Waals surface area contributed by atoms with E-state index < -0.39 is 5.54 Å². The zero-order valence-corrected chi connectivity index (χ0v) is 30.9. The topological polar surface area (TPSA) is 75.9 Å². The second kappa shape index (κ2) is 17.1. The van der Waals surface area contributed by atoms with Crippen LogP contribution in [0.25, 0.3) is 22.5 Å². The van der Waals surface area contributed by atoms with Crippen molar-refractivity contribution in [1.82, 2.24) is 25.5 Å². The van der Waals surface area contributed by atoms with Gasteiger partial charge in [-0.15, -0.1) is 5.10 Å². The average Bonchev–Trinajstić information content (AvgIpc) is 3.73. The number of carbonyl (C=O) groups excluding carboxylic acids is 1. The normalized spacial score (nSPS) is 12.0. The zero-order valence-electron chi connectivity index (χ0n) is 30.9. The van der Waals surface area contributed by atoms with Crippen LogP contribution in [0.4, 0.5) is 5.69 Å². The summed E-state index contributed by atoms with van der Waals surface area (Å²) in [5.74, 6) is 0.703.